The van der Waals surface area contributed by atoms with Gasteiger partial charge in [0.25, 0.3) is 0 Å². The van der Waals surface area contributed by atoms with Crippen molar-refractivity contribution in [3.05, 3.63) is 70.7 Å². The topological polar surface area (TPSA) is 26.0 Å². The monoisotopic (exact) mass is 285 g/mol. The lowest BCUT2D eigenvalue weighted by atomic mass is 9.92. The Hall–Kier alpha value is -1.31. The van der Waals surface area contributed by atoms with Gasteiger partial charge in [0.05, 0.1) is 0 Å². The highest BCUT2D eigenvalue weighted by molar-refractivity contribution is 6.31. The van der Waals surface area contributed by atoms with Crippen molar-refractivity contribution < 1.29 is 0 Å². The second-order valence-electron chi connectivity index (χ2n) is 5.71. The fourth-order valence-electron chi connectivity index (χ4n) is 3.18. The molecule has 1 aliphatic rings. The fraction of sp³-hybridized carbons (Fsp3) is 0.333. The van der Waals surface area contributed by atoms with Gasteiger partial charge in [-0.25, -0.2) is 0 Å². The maximum Gasteiger partial charge on any atom is 0.0438 e. The molecule has 1 aliphatic carbocycles. The molecule has 3 atom stereocenters. The molecule has 0 heterocycles. The van der Waals surface area contributed by atoms with Gasteiger partial charge in [-0.15, -0.1) is 0 Å². The highest BCUT2D eigenvalue weighted by Gasteiger charge is 2.42. The second-order valence-corrected chi connectivity index (χ2v) is 6.12. The van der Waals surface area contributed by atoms with Gasteiger partial charge in [0, 0.05) is 5.02 Å². The molecule has 1 nitrogen and oxygen atoms in total. The molecule has 104 valence electrons. The Balaban J connectivity index is 1.69. The predicted octanol–water partition coefficient (Wildman–Crippen LogP) is 4.26. The molecular weight excluding hydrogens is 266 g/mol. The Kier molecular flexibility index (Phi) is 4.09. The summed E-state index contributed by atoms with van der Waals surface area (Å²) >= 11 is 6.26. The third kappa shape index (κ3) is 2.89. The van der Waals surface area contributed by atoms with Gasteiger partial charge in [-0.05, 0) is 54.3 Å². The number of halogens is 1. The Morgan fingerprint density at radius 3 is 2.45 bits per heavy atom. The lowest BCUT2D eigenvalue weighted by molar-refractivity contribution is 0.461. The summed E-state index contributed by atoms with van der Waals surface area (Å²) in [5.41, 5.74) is 8.69. The van der Waals surface area contributed by atoms with Gasteiger partial charge in [0.1, 0.15) is 0 Å². The van der Waals surface area contributed by atoms with Crippen LogP contribution in [0.15, 0.2) is 54.6 Å². The molecule has 3 unspecified atom stereocenters. The maximum absolute atomic E-state index is 6.26. The molecule has 0 amide bonds. The number of benzene rings is 2. The molecule has 0 radical (unpaired) electrons. The lowest BCUT2D eigenvalue weighted by Crippen LogP contribution is -2.19. The van der Waals surface area contributed by atoms with E-state index in [-0.39, 0.29) is 0 Å². The van der Waals surface area contributed by atoms with Crippen molar-refractivity contribution in [1.82, 2.24) is 0 Å². The first-order chi connectivity index (χ1) is 9.79. The van der Waals surface area contributed by atoms with Gasteiger partial charge in [-0.2, -0.15) is 0 Å². The minimum atomic E-state index is 0.528. The number of nitrogens with two attached hydrogens (primary N) is 1. The van der Waals surface area contributed by atoms with Crippen LogP contribution in [0.5, 0.6) is 0 Å². The Morgan fingerprint density at radius 2 is 1.75 bits per heavy atom. The summed E-state index contributed by atoms with van der Waals surface area (Å²) in [6, 6.07) is 18.9. The van der Waals surface area contributed by atoms with E-state index in [2.05, 4.69) is 42.5 Å². The largest absolute Gasteiger partial charge is 0.330 e. The number of hydrogen-bond acceptors (Lipinski definition) is 1. The van der Waals surface area contributed by atoms with Gasteiger partial charge >= 0.3 is 0 Å². The Morgan fingerprint density at radius 1 is 1.05 bits per heavy atom. The zero-order valence-corrected chi connectivity index (χ0v) is 12.3. The van der Waals surface area contributed by atoms with E-state index in [0.717, 1.165) is 18.0 Å². The van der Waals surface area contributed by atoms with E-state index in [1.165, 1.54) is 17.5 Å². The molecule has 2 aromatic rings. The van der Waals surface area contributed by atoms with Crippen molar-refractivity contribution in [3.63, 3.8) is 0 Å². The van der Waals surface area contributed by atoms with Crippen LogP contribution in [0.3, 0.4) is 0 Å². The van der Waals surface area contributed by atoms with E-state index in [9.17, 15) is 0 Å². The summed E-state index contributed by atoms with van der Waals surface area (Å²) in [5.74, 6) is 1.92. The van der Waals surface area contributed by atoms with Crippen molar-refractivity contribution in [3.8, 4) is 0 Å². The Bertz CT molecular complexity index is 567. The van der Waals surface area contributed by atoms with Crippen LogP contribution in [-0.4, -0.2) is 6.54 Å². The van der Waals surface area contributed by atoms with Crippen LogP contribution in [0.25, 0.3) is 0 Å². The van der Waals surface area contributed by atoms with Crippen molar-refractivity contribution in [1.29, 1.82) is 0 Å². The number of rotatable bonds is 5. The first kappa shape index (κ1) is 13.7. The summed E-state index contributed by atoms with van der Waals surface area (Å²) in [5, 5.41) is 0.864. The quantitative estimate of drug-likeness (QED) is 0.873. The smallest absolute Gasteiger partial charge is 0.0438 e. The average Bonchev–Trinajstić information content (AvgIpc) is 3.28. The van der Waals surface area contributed by atoms with Gasteiger partial charge in [0.15, 0.2) is 0 Å². The molecule has 0 bridgehead atoms. The van der Waals surface area contributed by atoms with Crippen molar-refractivity contribution >= 4 is 11.6 Å². The standard InChI is InChI=1S/C18H20ClN/c19-18-9-5-4-8-14(18)10-15(12-20)17-11-16(17)13-6-2-1-3-7-13/h1-9,15-17H,10-12,20H2. The van der Waals surface area contributed by atoms with Gasteiger partial charge < -0.3 is 5.73 Å². The first-order valence-electron chi connectivity index (χ1n) is 7.28. The molecular formula is C18H20ClN. The van der Waals surface area contributed by atoms with Crippen molar-refractivity contribution in [2.75, 3.05) is 6.54 Å². The third-order valence-corrected chi connectivity index (χ3v) is 4.78. The SMILES string of the molecule is NCC(Cc1ccccc1Cl)C1CC1c1ccccc1. The molecule has 0 aliphatic heterocycles. The molecule has 2 aromatic carbocycles. The van der Waals surface area contributed by atoms with Crippen LogP contribution in [-0.2, 0) is 6.42 Å². The molecule has 1 saturated carbocycles. The molecule has 0 aromatic heterocycles. The molecule has 0 spiro atoms. The van der Waals surface area contributed by atoms with Crippen LogP contribution < -0.4 is 5.73 Å². The van der Waals surface area contributed by atoms with Crippen LogP contribution >= 0.6 is 11.6 Å². The summed E-state index contributed by atoms with van der Waals surface area (Å²) in [6.07, 6.45) is 2.25. The fourth-order valence-corrected chi connectivity index (χ4v) is 3.39. The lowest BCUT2D eigenvalue weighted by Gasteiger charge is -2.16. The summed E-state index contributed by atoms with van der Waals surface area (Å²) in [4.78, 5) is 0. The summed E-state index contributed by atoms with van der Waals surface area (Å²) in [6.45, 7) is 0.735. The highest BCUT2D eigenvalue weighted by atomic mass is 35.5. The van der Waals surface area contributed by atoms with Crippen LogP contribution in [0.4, 0.5) is 0 Å². The van der Waals surface area contributed by atoms with E-state index in [0.29, 0.717) is 17.8 Å². The van der Waals surface area contributed by atoms with E-state index in [1.54, 1.807) is 0 Å². The average molecular weight is 286 g/mol. The Labute approximate surface area is 125 Å². The van der Waals surface area contributed by atoms with E-state index < -0.39 is 0 Å². The number of hydrogen-bond donors (Lipinski definition) is 1. The third-order valence-electron chi connectivity index (χ3n) is 4.42. The van der Waals surface area contributed by atoms with Gasteiger partial charge in [0.2, 0.25) is 0 Å². The molecule has 20 heavy (non-hydrogen) atoms. The zero-order valence-electron chi connectivity index (χ0n) is 11.5. The molecule has 3 rings (SSSR count). The van der Waals surface area contributed by atoms with Crippen LogP contribution in [0.1, 0.15) is 23.5 Å². The second kappa shape index (κ2) is 5.99. The molecule has 0 saturated heterocycles. The van der Waals surface area contributed by atoms with Crippen LogP contribution in [0.2, 0.25) is 5.02 Å². The van der Waals surface area contributed by atoms with Gasteiger partial charge in [-0.1, -0.05) is 60.1 Å². The minimum Gasteiger partial charge on any atom is -0.330 e. The zero-order chi connectivity index (χ0) is 13.9. The molecule has 2 heteroatoms. The summed E-state index contributed by atoms with van der Waals surface area (Å²) in [7, 11) is 0. The van der Waals surface area contributed by atoms with E-state index in [1.807, 2.05) is 12.1 Å². The molecule has 2 N–H and O–H groups in total. The molecule has 1 fully saturated rings. The minimum absolute atomic E-state index is 0.528. The van der Waals surface area contributed by atoms with Crippen LogP contribution in [0, 0.1) is 11.8 Å². The van der Waals surface area contributed by atoms with E-state index >= 15 is 0 Å². The van der Waals surface area contributed by atoms with Gasteiger partial charge in [-0.3, -0.25) is 0 Å². The predicted molar refractivity (Wildman–Crippen MR) is 85.0 cm³/mol. The summed E-state index contributed by atoms with van der Waals surface area (Å²) < 4.78 is 0. The normalized spacial score (nSPS) is 22.5. The van der Waals surface area contributed by atoms with Crippen molar-refractivity contribution in [2.24, 2.45) is 17.6 Å². The maximum atomic E-state index is 6.26. The highest BCUT2D eigenvalue weighted by Crippen LogP contribution is 2.52. The van der Waals surface area contributed by atoms with Crippen molar-refractivity contribution in [2.45, 2.75) is 18.8 Å². The van der Waals surface area contributed by atoms with E-state index in [4.69, 9.17) is 17.3 Å². The first-order valence-corrected chi connectivity index (χ1v) is 7.66.